The maximum Gasteiger partial charge on any atom is 0.244 e. The summed E-state index contributed by atoms with van der Waals surface area (Å²) in [6.45, 7) is 5.11. The van der Waals surface area contributed by atoms with Gasteiger partial charge in [0.2, 0.25) is 21.8 Å². The molecule has 2 amide bonds. The van der Waals surface area contributed by atoms with Crippen LogP contribution >= 0.6 is 23.2 Å². The number of anilines is 1. The van der Waals surface area contributed by atoms with Crippen LogP contribution in [0.5, 0.6) is 0 Å². The van der Waals surface area contributed by atoms with Crippen LogP contribution < -0.4 is 9.62 Å². The number of carbonyl (C=O) groups excluding carboxylic acids is 2. The van der Waals surface area contributed by atoms with Gasteiger partial charge in [-0.15, -0.1) is 0 Å². The molecule has 0 aliphatic heterocycles. The molecule has 0 heterocycles. The maximum atomic E-state index is 13.5. The van der Waals surface area contributed by atoms with Gasteiger partial charge in [0.15, 0.2) is 0 Å². The fraction of sp³-hybridized carbons (Fsp3) is 0.391. The average molecular weight is 514 g/mol. The second-order valence-corrected chi connectivity index (χ2v) is 10.7. The first kappa shape index (κ1) is 27.0. The number of nitrogens with one attached hydrogen (secondary N) is 1. The highest BCUT2D eigenvalue weighted by Gasteiger charge is 2.32. The number of nitrogens with zero attached hydrogens (tertiary/aromatic N) is 2. The van der Waals surface area contributed by atoms with E-state index in [1.165, 1.54) is 23.1 Å². The number of sulfonamides is 1. The lowest BCUT2D eigenvalue weighted by Gasteiger charge is -2.33. The predicted molar refractivity (Wildman–Crippen MR) is 133 cm³/mol. The summed E-state index contributed by atoms with van der Waals surface area (Å²) in [4.78, 5) is 27.8. The molecular formula is C23H29Cl2N3O4S. The van der Waals surface area contributed by atoms with Crippen LogP contribution in [0.4, 0.5) is 5.69 Å². The zero-order valence-corrected chi connectivity index (χ0v) is 21.4. The summed E-state index contributed by atoms with van der Waals surface area (Å²) in [6, 6.07) is 12.7. The van der Waals surface area contributed by atoms with Crippen LogP contribution in [-0.4, -0.2) is 50.0 Å². The second kappa shape index (κ2) is 11.7. The van der Waals surface area contributed by atoms with E-state index in [4.69, 9.17) is 23.2 Å². The van der Waals surface area contributed by atoms with Crippen molar-refractivity contribution in [2.75, 3.05) is 17.1 Å². The predicted octanol–water partition coefficient (Wildman–Crippen LogP) is 4.09. The van der Waals surface area contributed by atoms with Gasteiger partial charge in [-0.1, -0.05) is 60.5 Å². The summed E-state index contributed by atoms with van der Waals surface area (Å²) in [5, 5.41) is 3.28. The van der Waals surface area contributed by atoms with Gasteiger partial charge in [-0.05, 0) is 44.0 Å². The lowest BCUT2D eigenvalue weighted by Crippen LogP contribution is -2.53. The number of benzene rings is 2. The largest absolute Gasteiger partial charge is 0.352 e. The molecule has 0 radical (unpaired) electrons. The van der Waals surface area contributed by atoms with Crippen LogP contribution in [0.1, 0.15) is 32.8 Å². The molecule has 0 aromatic heterocycles. The SMILES string of the molecule is CC[C@H](C(=O)NC(C)C)N(Cc1ccccc1)C(=O)CN(c1ccc(Cl)cc1Cl)S(C)(=O)=O. The Morgan fingerprint density at radius 1 is 1.06 bits per heavy atom. The minimum absolute atomic E-state index is 0.0972. The summed E-state index contributed by atoms with van der Waals surface area (Å²) in [5.74, 6) is -0.826. The van der Waals surface area contributed by atoms with E-state index in [9.17, 15) is 18.0 Å². The van der Waals surface area contributed by atoms with Crippen molar-refractivity contribution in [2.24, 2.45) is 0 Å². The van der Waals surface area contributed by atoms with E-state index in [2.05, 4.69) is 5.32 Å². The lowest BCUT2D eigenvalue weighted by atomic mass is 10.1. The minimum atomic E-state index is -3.87. The van der Waals surface area contributed by atoms with Crippen molar-refractivity contribution < 1.29 is 18.0 Å². The van der Waals surface area contributed by atoms with Crippen LogP contribution in [0.15, 0.2) is 48.5 Å². The Kier molecular flexibility index (Phi) is 9.57. The number of hydrogen-bond acceptors (Lipinski definition) is 4. The van der Waals surface area contributed by atoms with Gasteiger partial charge in [-0.3, -0.25) is 13.9 Å². The minimum Gasteiger partial charge on any atom is -0.352 e. The van der Waals surface area contributed by atoms with Gasteiger partial charge in [0, 0.05) is 17.6 Å². The molecule has 0 saturated carbocycles. The molecule has 1 N–H and O–H groups in total. The van der Waals surface area contributed by atoms with E-state index in [0.29, 0.717) is 11.4 Å². The Morgan fingerprint density at radius 3 is 2.21 bits per heavy atom. The van der Waals surface area contributed by atoms with Crippen LogP contribution in [-0.2, 0) is 26.2 Å². The summed E-state index contributed by atoms with van der Waals surface area (Å²) >= 11 is 12.2. The van der Waals surface area contributed by atoms with E-state index in [1.54, 1.807) is 6.92 Å². The van der Waals surface area contributed by atoms with Gasteiger partial charge in [0.25, 0.3) is 0 Å². The first-order valence-electron chi connectivity index (χ1n) is 10.5. The molecular weight excluding hydrogens is 485 g/mol. The van der Waals surface area contributed by atoms with Gasteiger partial charge in [-0.25, -0.2) is 8.42 Å². The molecule has 180 valence electrons. The molecule has 0 saturated heterocycles. The zero-order chi connectivity index (χ0) is 24.8. The molecule has 1 atom stereocenters. The van der Waals surface area contributed by atoms with Gasteiger partial charge in [0.1, 0.15) is 12.6 Å². The molecule has 0 bridgehead atoms. The van der Waals surface area contributed by atoms with E-state index in [1.807, 2.05) is 44.2 Å². The van der Waals surface area contributed by atoms with Gasteiger partial charge >= 0.3 is 0 Å². The number of amides is 2. The smallest absolute Gasteiger partial charge is 0.244 e. The van der Waals surface area contributed by atoms with Crippen molar-refractivity contribution in [2.45, 2.75) is 45.8 Å². The normalized spacial score (nSPS) is 12.3. The van der Waals surface area contributed by atoms with Gasteiger partial charge < -0.3 is 10.2 Å². The first-order valence-corrected chi connectivity index (χ1v) is 13.1. The quantitative estimate of drug-likeness (QED) is 0.518. The second-order valence-electron chi connectivity index (χ2n) is 7.96. The highest BCUT2D eigenvalue weighted by molar-refractivity contribution is 7.92. The maximum absolute atomic E-state index is 13.5. The Balaban J connectivity index is 2.45. The Labute approximate surface area is 205 Å². The van der Waals surface area contributed by atoms with Crippen LogP contribution in [0, 0.1) is 0 Å². The standard InChI is InChI=1S/C23H29Cl2N3O4S/c1-5-20(23(30)26-16(2)3)27(14-17-9-7-6-8-10-17)22(29)15-28(33(4,31)32)21-12-11-18(24)13-19(21)25/h6-13,16,20H,5,14-15H2,1-4H3,(H,26,30)/t20-/m1/s1. The molecule has 33 heavy (non-hydrogen) atoms. The van der Waals surface area contributed by atoms with Crippen molar-refractivity contribution in [3.8, 4) is 0 Å². The van der Waals surface area contributed by atoms with E-state index in [0.717, 1.165) is 16.1 Å². The highest BCUT2D eigenvalue weighted by Crippen LogP contribution is 2.30. The summed E-state index contributed by atoms with van der Waals surface area (Å²) < 4.78 is 26.1. The van der Waals surface area contributed by atoms with Gasteiger partial charge in [-0.2, -0.15) is 0 Å². The Morgan fingerprint density at radius 2 is 1.70 bits per heavy atom. The van der Waals surface area contributed by atoms with Crippen LogP contribution in [0.2, 0.25) is 10.0 Å². The monoisotopic (exact) mass is 513 g/mol. The van der Waals surface area contributed by atoms with Crippen molar-refractivity contribution >= 4 is 50.7 Å². The number of halogens is 2. The highest BCUT2D eigenvalue weighted by atomic mass is 35.5. The van der Waals surface area contributed by atoms with E-state index >= 15 is 0 Å². The zero-order valence-electron chi connectivity index (χ0n) is 19.1. The molecule has 7 nitrogen and oxygen atoms in total. The number of carbonyl (C=O) groups is 2. The van der Waals surface area contributed by atoms with Crippen molar-refractivity contribution in [3.05, 3.63) is 64.1 Å². The fourth-order valence-corrected chi connectivity index (χ4v) is 4.78. The summed E-state index contributed by atoms with van der Waals surface area (Å²) in [7, 11) is -3.87. The lowest BCUT2D eigenvalue weighted by molar-refractivity contribution is -0.140. The average Bonchev–Trinajstić information content (AvgIpc) is 2.71. The van der Waals surface area contributed by atoms with E-state index in [-0.39, 0.29) is 29.2 Å². The molecule has 2 rings (SSSR count). The third-order valence-electron chi connectivity index (χ3n) is 4.87. The van der Waals surface area contributed by atoms with Crippen molar-refractivity contribution in [3.63, 3.8) is 0 Å². The van der Waals surface area contributed by atoms with Crippen molar-refractivity contribution in [1.82, 2.24) is 10.2 Å². The Hall–Kier alpha value is -2.29. The summed E-state index contributed by atoms with van der Waals surface area (Å²) in [6.07, 6.45) is 1.35. The first-order chi connectivity index (χ1) is 15.4. The van der Waals surface area contributed by atoms with Crippen LogP contribution in [0.25, 0.3) is 0 Å². The van der Waals surface area contributed by atoms with Crippen molar-refractivity contribution in [1.29, 1.82) is 0 Å². The van der Waals surface area contributed by atoms with Gasteiger partial charge in [0.05, 0.1) is 17.0 Å². The molecule has 0 fully saturated rings. The molecule has 10 heteroatoms. The number of rotatable bonds is 10. The van der Waals surface area contributed by atoms with E-state index < -0.39 is 28.5 Å². The fourth-order valence-electron chi connectivity index (χ4n) is 3.36. The summed E-state index contributed by atoms with van der Waals surface area (Å²) in [5.41, 5.74) is 0.952. The molecule has 0 spiro atoms. The molecule has 2 aromatic carbocycles. The third-order valence-corrected chi connectivity index (χ3v) is 6.53. The molecule has 0 unspecified atom stereocenters. The molecule has 2 aromatic rings. The number of hydrogen-bond donors (Lipinski definition) is 1. The Bertz CT molecular complexity index is 1080. The molecule has 0 aliphatic carbocycles. The third kappa shape index (κ3) is 7.62. The van der Waals surface area contributed by atoms with Crippen LogP contribution in [0.3, 0.4) is 0 Å². The molecule has 0 aliphatic rings. The topological polar surface area (TPSA) is 86.8 Å².